The Morgan fingerprint density at radius 3 is 2.58 bits per heavy atom. The lowest BCUT2D eigenvalue weighted by Gasteiger charge is -2.02. The number of aryl methyl sites for hydroxylation is 1. The molecule has 1 N–H and O–H groups in total. The van der Waals surface area contributed by atoms with Gasteiger partial charge in [-0.2, -0.15) is 0 Å². The van der Waals surface area contributed by atoms with Gasteiger partial charge in [-0.3, -0.25) is 0 Å². The molecule has 6 heteroatoms. The number of hydrogen-bond acceptors (Lipinski definition) is 4. The van der Waals surface area contributed by atoms with Crippen LogP contribution >= 0.6 is 0 Å². The smallest absolute Gasteiger partial charge is 0.371 e. The van der Waals surface area contributed by atoms with Crippen LogP contribution in [0.25, 0.3) is 0 Å². The quantitative estimate of drug-likeness (QED) is 0.928. The highest BCUT2D eigenvalue weighted by molar-refractivity contribution is 7.90. The topological polar surface area (TPSA) is 84.6 Å². The average molecular weight is 280 g/mol. The molecular weight excluding hydrogens is 268 g/mol. The third kappa shape index (κ3) is 3.03. The van der Waals surface area contributed by atoms with Gasteiger partial charge in [-0.1, -0.05) is 29.8 Å². The summed E-state index contributed by atoms with van der Waals surface area (Å²) < 4.78 is 28.9. The molecule has 0 radical (unpaired) electrons. The van der Waals surface area contributed by atoms with Crippen LogP contribution in [0.15, 0.2) is 45.9 Å². The van der Waals surface area contributed by atoms with Crippen molar-refractivity contribution in [1.29, 1.82) is 0 Å². The summed E-state index contributed by atoms with van der Waals surface area (Å²) in [7, 11) is -3.67. The summed E-state index contributed by atoms with van der Waals surface area (Å²) in [4.78, 5) is 10.7. The van der Waals surface area contributed by atoms with Gasteiger partial charge in [0, 0.05) is 0 Å². The fraction of sp³-hybridized carbons (Fsp3) is 0.154. The Morgan fingerprint density at radius 2 is 2.00 bits per heavy atom. The maximum Gasteiger partial charge on any atom is 0.371 e. The van der Waals surface area contributed by atoms with Crippen LogP contribution in [0.2, 0.25) is 0 Å². The van der Waals surface area contributed by atoms with Crippen LogP contribution in [0.3, 0.4) is 0 Å². The zero-order chi connectivity index (χ0) is 14.0. The molecule has 0 aliphatic heterocycles. The van der Waals surface area contributed by atoms with Crippen LogP contribution in [0.4, 0.5) is 0 Å². The Kier molecular flexibility index (Phi) is 3.44. The molecule has 1 aromatic carbocycles. The van der Waals surface area contributed by atoms with Crippen molar-refractivity contribution in [3.63, 3.8) is 0 Å². The minimum Gasteiger partial charge on any atom is -0.475 e. The van der Waals surface area contributed by atoms with Gasteiger partial charge in [0.2, 0.25) is 20.7 Å². The highest BCUT2D eigenvalue weighted by atomic mass is 32.2. The summed E-state index contributed by atoms with van der Waals surface area (Å²) >= 11 is 0. The van der Waals surface area contributed by atoms with Crippen LogP contribution in [-0.4, -0.2) is 19.5 Å². The summed E-state index contributed by atoms with van der Waals surface area (Å²) in [5.74, 6) is -1.90. The predicted molar refractivity (Wildman–Crippen MR) is 67.7 cm³/mol. The lowest BCUT2D eigenvalue weighted by atomic mass is 10.2. The lowest BCUT2D eigenvalue weighted by Crippen LogP contribution is -2.04. The molecule has 100 valence electrons. The van der Waals surface area contributed by atoms with E-state index < -0.39 is 15.8 Å². The van der Waals surface area contributed by atoms with E-state index in [4.69, 9.17) is 9.52 Å². The summed E-state index contributed by atoms with van der Waals surface area (Å²) in [6.07, 6.45) is 0. The highest BCUT2D eigenvalue weighted by Crippen LogP contribution is 2.19. The van der Waals surface area contributed by atoms with Crippen LogP contribution < -0.4 is 0 Å². The predicted octanol–water partition coefficient (Wildman–Crippen LogP) is 2.26. The Bertz CT molecular complexity index is 712. The van der Waals surface area contributed by atoms with Crippen molar-refractivity contribution in [2.24, 2.45) is 0 Å². The summed E-state index contributed by atoms with van der Waals surface area (Å²) in [5, 5.41) is 8.37. The molecule has 5 nitrogen and oxygen atoms in total. The van der Waals surface area contributed by atoms with Gasteiger partial charge < -0.3 is 9.52 Å². The van der Waals surface area contributed by atoms with Gasteiger partial charge in [-0.15, -0.1) is 0 Å². The molecule has 0 saturated carbocycles. The summed E-state index contributed by atoms with van der Waals surface area (Å²) in [5.41, 5.74) is 1.59. The second-order valence-electron chi connectivity index (χ2n) is 4.17. The van der Waals surface area contributed by atoms with E-state index in [1.807, 2.05) is 13.0 Å². The number of carboxylic acids is 1. The zero-order valence-corrected chi connectivity index (χ0v) is 11.0. The van der Waals surface area contributed by atoms with E-state index >= 15 is 0 Å². The largest absolute Gasteiger partial charge is 0.475 e. The number of benzene rings is 1. The van der Waals surface area contributed by atoms with E-state index in [9.17, 15) is 13.2 Å². The van der Waals surface area contributed by atoms with Crippen LogP contribution in [-0.2, 0) is 15.6 Å². The number of aromatic carboxylic acids is 1. The molecule has 0 aliphatic carbocycles. The molecule has 0 fully saturated rings. The molecule has 2 rings (SSSR count). The lowest BCUT2D eigenvalue weighted by molar-refractivity contribution is 0.0656. The Hall–Kier alpha value is -2.08. The van der Waals surface area contributed by atoms with Gasteiger partial charge in [0.1, 0.15) is 0 Å². The molecule has 0 amide bonds. The Balaban J connectivity index is 2.29. The first-order chi connectivity index (χ1) is 8.88. The number of carbonyl (C=O) groups is 1. The summed E-state index contributed by atoms with van der Waals surface area (Å²) in [6.45, 7) is 1.87. The summed E-state index contributed by atoms with van der Waals surface area (Å²) in [6, 6.07) is 9.39. The van der Waals surface area contributed by atoms with Gasteiger partial charge in [-0.05, 0) is 24.6 Å². The molecule has 19 heavy (non-hydrogen) atoms. The van der Waals surface area contributed by atoms with Crippen LogP contribution in [0.1, 0.15) is 21.7 Å². The maximum atomic E-state index is 12.1. The van der Waals surface area contributed by atoms with Gasteiger partial charge in [0.25, 0.3) is 0 Å². The van der Waals surface area contributed by atoms with Crippen LogP contribution in [0.5, 0.6) is 0 Å². The molecule has 0 saturated heterocycles. The van der Waals surface area contributed by atoms with Crippen molar-refractivity contribution >= 4 is 15.8 Å². The van der Waals surface area contributed by atoms with E-state index in [2.05, 4.69) is 0 Å². The van der Waals surface area contributed by atoms with Gasteiger partial charge >= 0.3 is 5.97 Å². The second kappa shape index (κ2) is 4.89. The Labute approximate surface area is 110 Å². The molecule has 2 aromatic rings. The molecule has 0 atom stereocenters. The van der Waals surface area contributed by atoms with Crippen molar-refractivity contribution < 1.29 is 22.7 Å². The number of rotatable bonds is 4. The van der Waals surface area contributed by atoms with Crippen molar-refractivity contribution in [2.45, 2.75) is 17.8 Å². The first-order valence-electron chi connectivity index (χ1n) is 5.50. The van der Waals surface area contributed by atoms with Gasteiger partial charge in [-0.25, -0.2) is 13.2 Å². The average Bonchev–Trinajstić information content (AvgIpc) is 2.78. The minimum atomic E-state index is -3.67. The number of carboxylic acid groups (broad SMARTS) is 1. The van der Waals surface area contributed by atoms with E-state index in [-0.39, 0.29) is 16.6 Å². The van der Waals surface area contributed by atoms with Crippen molar-refractivity contribution in [3.8, 4) is 0 Å². The molecule has 1 aromatic heterocycles. The van der Waals surface area contributed by atoms with E-state index in [0.29, 0.717) is 5.56 Å². The van der Waals surface area contributed by atoms with Crippen molar-refractivity contribution in [2.75, 3.05) is 0 Å². The second-order valence-corrected chi connectivity index (χ2v) is 6.09. The van der Waals surface area contributed by atoms with E-state index in [1.165, 1.54) is 0 Å². The van der Waals surface area contributed by atoms with E-state index in [1.54, 1.807) is 18.2 Å². The first-order valence-corrected chi connectivity index (χ1v) is 7.15. The molecular formula is C13H12O5S. The highest BCUT2D eigenvalue weighted by Gasteiger charge is 2.21. The fourth-order valence-electron chi connectivity index (χ4n) is 1.69. The molecule has 1 heterocycles. The van der Waals surface area contributed by atoms with Gasteiger partial charge in [0.15, 0.2) is 0 Å². The fourth-order valence-corrected chi connectivity index (χ4v) is 2.95. The number of furan rings is 1. The molecule has 0 spiro atoms. The number of hydrogen-bond donors (Lipinski definition) is 1. The SMILES string of the molecule is Cc1cccc(CS(=O)(=O)c2ccc(C(=O)O)o2)c1. The molecule has 0 aliphatic rings. The normalized spacial score (nSPS) is 11.4. The maximum absolute atomic E-state index is 12.1. The molecule has 0 bridgehead atoms. The first kappa shape index (κ1) is 13.4. The van der Waals surface area contributed by atoms with Crippen LogP contribution in [0, 0.1) is 6.92 Å². The van der Waals surface area contributed by atoms with E-state index in [0.717, 1.165) is 17.7 Å². The minimum absolute atomic E-state index is 0.221. The van der Waals surface area contributed by atoms with Crippen molar-refractivity contribution in [3.05, 3.63) is 53.3 Å². The third-order valence-electron chi connectivity index (χ3n) is 2.54. The number of sulfone groups is 1. The Morgan fingerprint density at radius 1 is 1.26 bits per heavy atom. The zero-order valence-electron chi connectivity index (χ0n) is 10.2. The third-order valence-corrected chi connectivity index (χ3v) is 4.08. The van der Waals surface area contributed by atoms with Gasteiger partial charge in [0.05, 0.1) is 5.75 Å². The monoisotopic (exact) mass is 280 g/mol. The van der Waals surface area contributed by atoms with Crippen molar-refractivity contribution in [1.82, 2.24) is 0 Å². The standard InChI is InChI=1S/C13H12O5S/c1-9-3-2-4-10(7-9)8-19(16,17)12-6-5-11(18-12)13(14)15/h2-7H,8H2,1H3,(H,14,15). The molecule has 0 unspecified atom stereocenters.